The van der Waals surface area contributed by atoms with Crippen LogP contribution >= 0.6 is 0 Å². The summed E-state index contributed by atoms with van der Waals surface area (Å²) in [5.74, 6) is -0.374. The lowest BCUT2D eigenvalue weighted by atomic mass is 10.0. The number of imidazole rings is 1. The van der Waals surface area contributed by atoms with Crippen molar-refractivity contribution in [1.82, 2.24) is 19.6 Å². The zero-order valence-corrected chi connectivity index (χ0v) is 22.1. The van der Waals surface area contributed by atoms with Gasteiger partial charge in [0.15, 0.2) is 0 Å². The smallest absolute Gasteiger partial charge is 0.349 e. The molecular weight excluding hydrogens is 541 g/mol. The Hall–Kier alpha value is -3.96. The van der Waals surface area contributed by atoms with Crippen LogP contribution in [-0.2, 0) is 34.0 Å². The van der Waals surface area contributed by atoms with E-state index in [1.165, 1.54) is 0 Å². The lowest BCUT2D eigenvalue weighted by molar-refractivity contribution is -0.137. The molecule has 1 amide bonds. The highest BCUT2D eigenvalue weighted by Gasteiger charge is 2.33. The van der Waals surface area contributed by atoms with Crippen molar-refractivity contribution in [2.24, 2.45) is 0 Å². The Morgan fingerprint density at radius 2 is 1.85 bits per heavy atom. The summed E-state index contributed by atoms with van der Waals surface area (Å²) in [5.41, 5.74) is 2.73. The SMILES string of the molecule is O=C(CC(NS(=O)(=O)c1cccc(C(F)(F)F)c1)c1ccccc1)N[C@@H]1CCc2cc(Cn3ccnc3)ccc21. The summed E-state index contributed by atoms with van der Waals surface area (Å²) in [7, 11) is -4.37. The van der Waals surface area contributed by atoms with Gasteiger partial charge in [0.1, 0.15) is 0 Å². The maximum Gasteiger partial charge on any atom is 0.416 e. The van der Waals surface area contributed by atoms with Gasteiger partial charge in [-0.25, -0.2) is 18.1 Å². The molecule has 0 saturated carbocycles. The number of aryl methyl sites for hydroxylation is 1. The average molecular weight is 569 g/mol. The monoisotopic (exact) mass is 568 g/mol. The van der Waals surface area contributed by atoms with Gasteiger partial charge in [-0.3, -0.25) is 4.79 Å². The molecule has 40 heavy (non-hydrogen) atoms. The number of carbonyl (C=O) groups is 1. The number of fused-ring (bicyclic) bond motifs is 1. The molecule has 1 aromatic heterocycles. The Balaban J connectivity index is 1.31. The van der Waals surface area contributed by atoms with Crippen LogP contribution in [0.4, 0.5) is 13.2 Å². The van der Waals surface area contributed by atoms with Gasteiger partial charge in [-0.15, -0.1) is 0 Å². The van der Waals surface area contributed by atoms with Gasteiger partial charge < -0.3 is 9.88 Å². The van der Waals surface area contributed by atoms with Crippen molar-refractivity contribution >= 4 is 15.9 Å². The van der Waals surface area contributed by atoms with Gasteiger partial charge >= 0.3 is 6.18 Å². The molecular formula is C29H27F3N4O3S. The van der Waals surface area contributed by atoms with Crippen molar-refractivity contribution < 1.29 is 26.4 Å². The Morgan fingerprint density at radius 3 is 2.58 bits per heavy atom. The second kappa shape index (κ2) is 11.3. The molecule has 2 atom stereocenters. The molecule has 7 nitrogen and oxygen atoms in total. The molecule has 0 fully saturated rings. The number of halogens is 3. The van der Waals surface area contributed by atoms with E-state index in [9.17, 15) is 26.4 Å². The minimum atomic E-state index is -4.69. The van der Waals surface area contributed by atoms with Gasteiger partial charge in [0.2, 0.25) is 15.9 Å². The van der Waals surface area contributed by atoms with Crippen molar-refractivity contribution in [1.29, 1.82) is 0 Å². The molecule has 0 bridgehead atoms. The van der Waals surface area contributed by atoms with Gasteiger partial charge in [0, 0.05) is 25.4 Å². The summed E-state index contributed by atoms with van der Waals surface area (Å²) in [6.45, 7) is 0.690. The molecule has 1 heterocycles. The quantitative estimate of drug-likeness (QED) is 0.292. The fourth-order valence-electron chi connectivity index (χ4n) is 4.96. The van der Waals surface area contributed by atoms with Crippen molar-refractivity contribution in [3.8, 4) is 0 Å². The minimum absolute atomic E-state index is 0.221. The number of hydrogen-bond donors (Lipinski definition) is 2. The van der Waals surface area contributed by atoms with E-state index in [0.29, 0.717) is 24.6 Å². The Labute approximate surface area is 230 Å². The van der Waals surface area contributed by atoms with Crippen molar-refractivity contribution in [3.63, 3.8) is 0 Å². The van der Waals surface area contributed by atoms with Crippen LogP contribution in [0.2, 0.25) is 0 Å². The van der Waals surface area contributed by atoms with E-state index in [0.717, 1.165) is 41.3 Å². The second-order valence-electron chi connectivity index (χ2n) is 9.74. The molecule has 0 saturated heterocycles. The largest absolute Gasteiger partial charge is 0.416 e. The van der Waals surface area contributed by atoms with Crippen LogP contribution in [-0.4, -0.2) is 23.9 Å². The second-order valence-corrected chi connectivity index (χ2v) is 11.5. The van der Waals surface area contributed by atoms with E-state index in [1.807, 2.05) is 22.9 Å². The normalized spacial score (nSPS) is 15.9. The molecule has 1 unspecified atom stereocenters. The molecule has 5 rings (SSSR count). The van der Waals surface area contributed by atoms with E-state index < -0.39 is 32.7 Å². The van der Waals surface area contributed by atoms with Gasteiger partial charge in [0.25, 0.3) is 0 Å². The summed E-state index contributed by atoms with van der Waals surface area (Å²) in [6, 6.07) is 16.9. The van der Waals surface area contributed by atoms with E-state index in [4.69, 9.17) is 0 Å². The first-order chi connectivity index (χ1) is 19.1. The average Bonchev–Trinajstić information content (AvgIpc) is 3.58. The molecule has 1 aliphatic rings. The van der Waals surface area contributed by atoms with Crippen LogP contribution in [0, 0.1) is 0 Å². The highest BCUT2D eigenvalue weighted by molar-refractivity contribution is 7.89. The van der Waals surface area contributed by atoms with E-state index in [1.54, 1.807) is 42.9 Å². The fourth-order valence-corrected chi connectivity index (χ4v) is 6.23. The molecule has 208 valence electrons. The zero-order valence-electron chi connectivity index (χ0n) is 21.3. The number of hydrogen-bond acceptors (Lipinski definition) is 4. The van der Waals surface area contributed by atoms with Crippen LogP contribution in [0.5, 0.6) is 0 Å². The molecule has 3 aromatic carbocycles. The van der Waals surface area contributed by atoms with Crippen molar-refractivity contribution in [2.75, 3.05) is 0 Å². The van der Waals surface area contributed by atoms with Gasteiger partial charge in [-0.05, 0) is 53.3 Å². The van der Waals surface area contributed by atoms with E-state index in [2.05, 4.69) is 21.1 Å². The summed E-state index contributed by atoms with van der Waals surface area (Å²) < 4.78 is 70.2. The first-order valence-electron chi connectivity index (χ1n) is 12.7. The highest BCUT2D eigenvalue weighted by Crippen LogP contribution is 2.33. The maximum atomic E-state index is 13.2. The Kier molecular flexibility index (Phi) is 7.77. The fraction of sp³-hybridized carbons (Fsp3) is 0.241. The lowest BCUT2D eigenvalue weighted by Gasteiger charge is -2.21. The predicted octanol–water partition coefficient (Wildman–Crippen LogP) is 5.16. The summed E-state index contributed by atoms with van der Waals surface area (Å²) in [5, 5.41) is 3.02. The van der Waals surface area contributed by atoms with Crippen LogP contribution in [0.25, 0.3) is 0 Å². The number of amides is 1. The van der Waals surface area contributed by atoms with Crippen molar-refractivity contribution in [2.45, 2.75) is 49.0 Å². The number of benzene rings is 3. The lowest BCUT2D eigenvalue weighted by Crippen LogP contribution is -2.35. The summed E-state index contributed by atoms with van der Waals surface area (Å²) in [6.07, 6.45) is 1.95. The molecule has 0 aliphatic heterocycles. The summed E-state index contributed by atoms with van der Waals surface area (Å²) >= 11 is 0. The third-order valence-electron chi connectivity index (χ3n) is 6.91. The number of alkyl halides is 3. The Morgan fingerprint density at radius 1 is 1.05 bits per heavy atom. The molecule has 4 aromatic rings. The van der Waals surface area contributed by atoms with Crippen LogP contribution in [0.15, 0.2) is 96.4 Å². The zero-order chi connectivity index (χ0) is 28.3. The topological polar surface area (TPSA) is 93.1 Å². The molecule has 0 spiro atoms. The van der Waals surface area contributed by atoms with Gasteiger partial charge in [0.05, 0.1) is 28.9 Å². The summed E-state index contributed by atoms with van der Waals surface area (Å²) in [4.78, 5) is 16.7. The Bertz CT molecular complexity index is 1590. The number of nitrogens with one attached hydrogen (secondary N) is 2. The first-order valence-corrected chi connectivity index (χ1v) is 14.2. The molecule has 11 heteroatoms. The highest BCUT2D eigenvalue weighted by atomic mass is 32.2. The third kappa shape index (κ3) is 6.43. The number of aromatic nitrogens is 2. The van der Waals surface area contributed by atoms with E-state index in [-0.39, 0.29) is 18.4 Å². The van der Waals surface area contributed by atoms with E-state index >= 15 is 0 Å². The molecule has 1 aliphatic carbocycles. The van der Waals surface area contributed by atoms with Crippen molar-refractivity contribution in [3.05, 3.63) is 119 Å². The van der Waals surface area contributed by atoms with Gasteiger partial charge in [-0.2, -0.15) is 13.2 Å². The predicted molar refractivity (Wildman–Crippen MR) is 143 cm³/mol. The van der Waals surface area contributed by atoms with Crippen LogP contribution < -0.4 is 10.0 Å². The molecule has 2 N–H and O–H groups in total. The third-order valence-corrected chi connectivity index (χ3v) is 8.37. The number of carbonyl (C=O) groups excluding carboxylic acids is 1. The number of nitrogens with zero attached hydrogens (tertiary/aromatic N) is 2. The minimum Gasteiger partial charge on any atom is -0.349 e. The number of sulfonamides is 1. The van der Waals surface area contributed by atoms with Crippen LogP contribution in [0.3, 0.4) is 0 Å². The van der Waals surface area contributed by atoms with Crippen LogP contribution in [0.1, 0.15) is 52.7 Å². The standard InChI is InChI=1S/C29H27F3N4O3S/c30-29(31,32)23-7-4-8-24(16-23)40(38,39)35-27(21-5-2-1-3-6-21)17-28(37)34-26-12-10-22-15-20(9-11-25(22)26)18-36-14-13-33-19-36/h1-9,11,13-16,19,26-27,35H,10,12,17-18H2,(H,34,37)/t26-,27?/m1/s1. The first kappa shape index (κ1) is 27.6. The number of rotatable bonds is 9. The van der Waals surface area contributed by atoms with Gasteiger partial charge in [-0.1, -0.05) is 54.6 Å². The molecule has 0 radical (unpaired) electrons. The maximum absolute atomic E-state index is 13.2.